The molecule has 0 saturated carbocycles. The van der Waals surface area contributed by atoms with Crippen molar-refractivity contribution in [2.75, 3.05) is 0 Å². The SMILES string of the molecule is CC[C@H](N)C(=O)N[C@H](C=CC(=O)N1Cc2ccccc2C1)CC(C)(C)C. The monoisotopic (exact) mass is 357 g/mol. The lowest BCUT2D eigenvalue weighted by molar-refractivity contribution is -0.127. The molecular formula is C21H31N3O2. The molecule has 1 aromatic carbocycles. The van der Waals surface area contributed by atoms with E-state index in [4.69, 9.17) is 5.73 Å². The number of nitrogens with two attached hydrogens (primary N) is 1. The zero-order valence-electron chi connectivity index (χ0n) is 16.3. The maximum Gasteiger partial charge on any atom is 0.246 e. The first kappa shape index (κ1) is 20.2. The third-order valence-electron chi connectivity index (χ3n) is 4.56. The van der Waals surface area contributed by atoms with Crippen LogP contribution < -0.4 is 11.1 Å². The van der Waals surface area contributed by atoms with Gasteiger partial charge in [-0.25, -0.2) is 0 Å². The van der Waals surface area contributed by atoms with Crippen molar-refractivity contribution in [1.82, 2.24) is 10.2 Å². The van der Waals surface area contributed by atoms with Crippen molar-refractivity contribution in [3.8, 4) is 0 Å². The van der Waals surface area contributed by atoms with Gasteiger partial charge in [0.15, 0.2) is 0 Å². The van der Waals surface area contributed by atoms with E-state index in [1.54, 1.807) is 12.2 Å². The van der Waals surface area contributed by atoms with Crippen LogP contribution in [0, 0.1) is 5.41 Å². The Balaban J connectivity index is 2.02. The highest BCUT2D eigenvalue weighted by Crippen LogP contribution is 2.23. The van der Waals surface area contributed by atoms with Crippen molar-refractivity contribution in [2.45, 2.75) is 65.7 Å². The van der Waals surface area contributed by atoms with Gasteiger partial charge in [-0.15, -0.1) is 0 Å². The zero-order chi connectivity index (χ0) is 19.3. The first-order valence-electron chi connectivity index (χ1n) is 9.29. The topological polar surface area (TPSA) is 75.4 Å². The Labute approximate surface area is 156 Å². The van der Waals surface area contributed by atoms with Crippen molar-refractivity contribution < 1.29 is 9.59 Å². The van der Waals surface area contributed by atoms with E-state index in [0.717, 1.165) is 6.42 Å². The van der Waals surface area contributed by atoms with Crippen molar-refractivity contribution in [1.29, 1.82) is 0 Å². The van der Waals surface area contributed by atoms with Crippen LogP contribution in [0.4, 0.5) is 0 Å². The molecule has 1 aliphatic rings. The van der Waals surface area contributed by atoms with Crippen LogP contribution in [0.2, 0.25) is 0 Å². The highest BCUT2D eigenvalue weighted by atomic mass is 16.2. The van der Waals surface area contributed by atoms with Crippen molar-refractivity contribution >= 4 is 11.8 Å². The van der Waals surface area contributed by atoms with Crippen LogP contribution in [-0.2, 0) is 22.7 Å². The second-order valence-corrected chi connectivity index (χ2v) is 8.22. The number of amides is 2. The molecule has 0 unspecified atom stereocenters. The molecule has 0 saturated heterocycles. The van der Waals surface area contributed by atoms with Gasteiger partial charge in [0.1, 0.15) is 0 Å². The molecule has 2 amide bonds. The summed E-state index contributed by atoms with van der Waals surface area (Å²) >= 11 is 0. The summed E-state index contributed by atoms with van der Waals surface area (Å²) in [5, 5.41) is 2.97. The molecule has 0 fully saturated rings. The number of hydrogen-bond donors (Lipinski definition) is 2. The van der Waals surface area contributed by atoms with Gasteiger partial charge in [-0.3, -0.25) is 9.59 Å². The zero-order valence-corrected chi connectivity index (χ0v) is 16.3. The number of benzene rings is 1. The molecule has 0 aliphatic carbocycles. The Morgan fingerprint density at radius 3 is 2.31 bits per heavy atom. The van der Waals surface area contributed by atoms with Crippen LogP contribution in [0.1, 0.15) is 51.7 Å². The van der Waals surface area contributed by atoms with Gasteiger partial charge >= 0.3 is 0 Å². The Bertz CT molecular complexity index is 651. The molecule has 5 heteroatoms. The highest BCUT2D eigenvalue weighted by Gasteiger charge is 2.23. The number of rotatable bonds is 6. The summed E-state index contributed by atoms with van der Waals surface area (Å²) in [6.45, 7) is 9.48. The van der Waals surface area contributed by atoms with Gasteiger partial charge in [-0.05, 0) is 29.4 Å². The molecule has 3 N–H and O–H groups in total. The number of nitrogens with one attached hydrogen (secondary N) is 1. The molecule has 1 aliphatic heterocycles. The van der Waals surface area contributed by atoms with E-state index in [0.29, 0.717) is 19.5 Å². The molecular weight excluding hydrogens is 326 g/mol. The summed E-state index contributed by atoms with van der Waals surface area (Å²) in [4.78, 5) is 26.5. The number of fused-ring (bicyclic) bond motifs is 1. The minimum absolute atomic E-state index is 0.0194. The Morgan fingerprint density at radius 2 is 1.81 bits per heavy atom. The van der Waals surface area contributed by atoms with Crippen molar-refractivity contribution in [3.05, 3.63) is 47.5 Å². The number of nitrogens with zero attached hydrogens (tertiary/aromatic N) is 1. The van der Waals surface area contributed by atoms with Gasteiger partial charge in [0.25, 0.3) is 0 Å². The molecule has 2 atom stereocenters. The first-order chi connectivity index (χ1) is 12.2. The Hall–Kier alpha value is -2.14. The van der Waals surface area contributed by atoms with Gasteiger partial charge in [0, 0.05) is 25.2 Å². The largest absolute Gasteiger partial charge is 0.349 e. The Kier molecular flexibility index (Phi) is 6.59. The van der Waals surface area contributed by atoms with E-state index in [1.165, 1.54) is 11.1 Å². The molecule has 0 radical (unpaired) electrons. The molecule has 0 bridgehead atoms. The second kappa shape index (κ2) is 8.49. The van der Waals surface area contributed by atoms with Gasteiger partial charge in [0.2, 0.25) is 11.8 Å². The summed E-state index contributed by atoms with van der Waals surface area (Å²) in [5.74, 6) is -0.207. The molecule has 2 rings (SSSR count). The minimum Gasteiger partial charge on any atom is -0.349 e. The van der Waals surface area contributed by atoms with E-state index >= 15 is 0 Å². The lowest BCUT2D eigenvalue weighted by Crippen LogP contribution is -2.45. The molecule has 142 valence electrons. The fourth-order valence-electron chi connectivity index (χ4n) is 3.09. The van der Waals surface area contributed by atoms with Crippen LogP contribution in [0.5, 0.6) is 0 Å². The van der Waals surface area contributed by atoms with E-state index in [2.05, 4.69) is 38.2 Å². The fraction of sp³-hybridized carbons (Fsp3) is 0.524. The van der Waals surface area contributed by atoms with E-state index in [-0.39, 0.29) is 23.3 Å². The summed E-state index contributed by atoms with van der Waals surface area (Å²) in [6, 6.07) is 7.37. The predicted octanol–water partition coefficient (Wildman–Crippen LogP) is 2.74. The van der Waals surface area contributed by atoms with Crippen LogP contribution >= 0.6 is 0 Å². The number of hydrogen-bond acceptors (Lipinski definition) is 3. The van der Waals surface area contributed by atoms with Gasteiger partial charge in [0.05, 0.1) is 6.04 Å². The van der Waals surface area contributed by atoms with E-state index < -0.39 is 6.04 Å². The molecule has 5 nitrogen and oxygen atoms in total. The maximum absolute atomic E-state index is 12.6. The van der Waals surface area contributed by atoms with E-state index in [9.17, 15) is 9.59 Å². The molecule has 26 heavy (non-hydrogen) atoms. The summed E-state index contributed by atoms with van der Waals surface area (Å²) < 4.78 is 0. The van der Waals surface area contributed by atoms with E-state index in [1.807, 2.05) is 24.0 Å². The smallest absolute Gasteiger partial charge is 0.246 e. The van der Waals surface area contributed by atoms with Gasteiger partial charge < -0.3 is 16.0 Å². The third-order valence-corrected chi connectivity index (χ3v) is 4.56. The standard InChI is InChI=1S/C21H31N3O2/c1-5-18(22)20(26)23-17(12-21(2,3)4)10-11-19(25)24-13-15-8-6-7-9-16(15)14-24/h6-11,17-18H,5,12-14,22H2,1-4H3,(H,23,26)/t17-,18+/m1/s1. The van der Waals surface area contributed by atoms with Crippen LogP contribution in [0.15, 0.2) is 36.4 Å². The maximum atomic E-state index is 12.6. The lowest BCUT2D eigenvalue weighted by atomic mass is 9.87. The van der Waals surface area contributed by atoms with Gasteiger partial charge in [-0.2, -0.15) is 0 Å². The molecule has 1 heterocycles. The summed E-state index contributed by atoms with van der Waals surface area (Å²) in [5.41, 5.74) is 8.23. The number of carbonyl (C=O) groups is 2. The Morgan fingerprint density at radius 1 is 1.23 bits per heavy atom. The number of carbonyl (C=O) groups excluding carboxylic acids is 2. The fourth-order valence-corrected chi connectivity index (χ4v) is 3.09. The lowest BCUT2D eigenvalue weighted by Gasteiger charge is -2.26. The van der Waals surface area contributed by atoms with Crippen LogP contribution in [0.25, 0.3) is 0 Å². The molecule has 1 aromatic rings. The third kappa shape index (κ3) is 5.70. The second-order valence-electron chi connectivity index (χ2n) is 8.22. The first-order valence-corrected chi connectivity index (χ1v) is 9.29. The van der Waals surface area contributed by atoms with Gasteiger partial charge in [-0.1, -0.05) is 58.0 Å². The average Bonchev–Trinajstić information content (AvgIpc) is 3.01. The summed E-state index contributed by atoms with van der Waals surface area (Å²) in [6.07, 6.45) is 4.71. The minimum atomic E-state index is -0.519. The van der Waals surface area contributed by atoms with Crippen LogP contribution in [-0.4, -0.2) is 28.8 Å². The van der Waals surface area contributed by atoms with Crippen molar-refractivity contribution in [2.24, 2.45) is 11.1 Å². The van der Waals surface area contributed by atoms with Crippen LogP contribution in [0.3, 0.4) is 0 Å². The quantitative estimate of drug-likeness (QED) is 0.769. The normalized spacial score (nSPS) is 16.4. The highest BCUT2D eigenvalue weighted by molar-refractivity contribution is 5.88. The molecule has 0 aromatic heterocycles. The predicted molar refractivity (Wildman–Crippen MR) is 104 cm³/mol. The van der Waals surface area contributed by atoms with Crippen molar-refractivity contribution in [3.63, 3.8) is 0 Å². The molecule has 0 spiro atoms. The summed E-state index contributed by atoms with van der Waals surface area (Å²) in [7, 11) is 0. The average molecular weight is 357 g/mol.